The van der Waals surface area contributed by atoms with Gasteiger partial charge in [0.2, 0.25) is 0 Å². The molecule has 2 aromatic rings. The van der Waals surface area contributed by atoms with Gasteiger partial charge in [-0.15, -0.1) is 0 Å². The van der Waals surface area contributed by atoms with Crippen molar-refractivity contribution in [3.05, 3.63) is 47.0 Å². The minimum Gasteiger partial charge on any atom is -0.493 e. The molecule has 0 radical (unpaired) electrons. The minimum absolute atomic E-state index is 0.200. The van der Waals surface area contributed by atoms with Crippen LogP contribution in [-0.2, 0) is 0 Å². The topological polar surface area (TPSA) is 84.4 Å². The number of carbonyl (C=O) groups is 1. The predicted molar refractivity (Wildman–Crippen MR) is 138 cm³/mol. The van der Waals surface area contributed by atoms with E-state index in [2.05, 4.69) is 15.6 Å². The average molecular weight is 501 g/mol. The Morgan fingerprint density at radius 1 is 1.09 bits per heavy atom. The lowest BCUT2D eigenvalue weighted by atomic mass is 10.1. The number of nitrogens with one attached hydrogen (secondary N) is 2. The standard InChI is InChI=1S/C24H25ClN4O4S/c1-31-21-13-16-18(14-22(21)32-2)26-9-5-6-19(16)33-20-8-7-15(12-17(20)25)27-23(34)28-24(30)29-10-3-4-11-29/h6-9,12-14H,3-5,10-11H2,1-2H3,(H2,27,28,30,34). The highest BCUT2D eigenvalue weighted by Gasteiger charge is 2.20. The number of aliphatic imine (C=N–C) groups is 1. The van der Waals surface area contributed by atoms with Crippen molar-refractivity contribution >= 4 is 58.3 Å². The fourth-order valence-corrected chi connectivity index (χ4v) is 4.15. The summed E-state index contributed by atoms with van der Waals surface area (Å²) in [6.45, 7) is 1.49. The van der Waals surface area contributed by atoms with Crippen LogP contribution in [0.4, 0.5) is 16.2 Å². The number of ether oxygens (including phenoxy) is 3. The number of benzene rings is 2. The molecule has 2 N–H and O–H groups in total. The van der Waals surface area contributed by atoms with Crippen molar-refractivity contribution < 1.29 is 19.0 Å². The molecule has 0 atom stereocenters. The Balaban J connectivity index is 1.47. The molecular formula is C24H25ClN4O4S. The summed E-state index contributed by atoms with van der Waals surface area (Å²) in [6.07, 6.45) is 6.34. The molecule has 2 aliphatic heterocycles. The SMILES string of the molecule is COc1cc2c(cc1OC)C(Oc1ccc(NC(=S)NC(=O)N3CCCC3)cc1Cl)=CCC=N2. The molecule has 4 rings (SSSR count). The van der Waals surface area contributed by atoms with Crippen molar-refractivity contribution in [2.24, 2.45) is 4.99 Å². The molecule has 2 heterocycles. The zero-order valence-corrected chi connectivity index (χ0v) is 20.5. The van der Waals surface area contributed by atoms with Crippen LogP contribution in [0.2, 0.25) is 5.02 Å². The Kier molecular flexibility index (Phi) is 7.54. The summed E-state index contributed by atoms with van der Waals surface area (Å²) in [4.78, 5) is 18.4. The lowest BCUT2D eigenvalue weighted by molar-refractivity contribution is 0.214. The molecule has 2 aromatic carbocycles. The zero-order chi connectivity index (χ0) is 24.1. The van der Waals surface area contributed by atoms with Crippen molar-refractivity contribution in [1.29, 1.82) is 0 Å². The Labute approximate surface area is 208 Å². The van der Waals surface area contributed by atoms with Gasteiger partial charge >= 0.3 is 6.03 Å². The number of rotatable bonds is 5. The molecule has 0 aliphatic carbocycles. The molecule has 8 nitrogen and oxygen atoms in total. The van der Waals surface area contributed by atoms with E-state index in [9.17, 15) is 4.79 Å². The Bertz CT molecular complexity index is 1160. The summed E-state index contributed by atoms with van der Waals surface area (Å²) < 4.78 is 17.0. The first kappa shape index (κ1) is 23.8. The normalized spacial score (nSPS) is 14.6. The van der Waals surface area contributed by atoms with Gasteiger partial charge in [-0.3, -0.25) is 10.3 Å². The van der Waals surface area contributed by atoms with Crippen LogP contribution >= 0.6 is 23.8 Å². The molecule has 0 aromatic heterocycles. The van der Waals surface area contributed by atoms with Gasteiger partial charge < -0.3 is 24.4 Å². The average Bonchev–Trinajstić information content (AvgIpc) is 3.30. The molecule has 178 valence electrons. The van der Waals surface area contributed by atoms with Gasteiger partial charge in [-0.05, 0) is 55.4 Å². The van der Waals surface area contributed by atoms with E-state index in [1.807, 2.05) is 12.1 Å². The molecule has 0 spiro atoms. The number of urea groups is 1. The Morgan fingerprint density at radius 3 is 2.53 bits per heavy atom. The maximum atomic E-state index is 12.2. The lowest BCUT2D eigenvalue weighted by Crippen LogP contribution is -2.43. The maximum absolute atomic E-state index is 12.2. The Morgan fingerprint density at radius 2 is 1.82 bits per heavy atom. The fraction of sp³-hybridized carbons (Fsp3) is 0.292. The van der Waals surface area contributed by atoms with Gasteiger partial charge in [0.1, 0.15) is 11.5 Å². The zero-order valence-electron chi connectivity index (χ0n) is 18.9. The van der Waals surface area contributed by atoms with E-state index in [-0.39, 0.29) is 11.1 Å². The van der Waals surface area contributed by atoms with E-state index < -0.39 is 0 Å². The van der Waals surface area contributed by atoms with Crippen LogP contribution in [0.3, 0.4) is 0 Å². The number of amides is 2. The molecule has 34 heavy (non-hydrogen) atoms. The third kappa shape index (κ3) is 5.43. The second kappa shape index (κ2) is 10.8. The number of hydrogen-bond donors (Lipinski definition) is 2. The smallest absolute Gasteiger partial charge is 0.323 e. The molecule has 0 unspecified atom stereocenters. The molecule has 2 aliphatic rings. The first-order valence-electron chi connectivity index (χ1n) is 10.8. The summed E-state index contributed by atoms with van der Waals surface area (Å²) in [6, 6.07) is 8.64. The van der Waals surface area contributed by atoms with Crippen molar-refractivity contribution in [1.82, 2.24) is 10.2 Å². The highest BCUT2D eigenvalue weighted by Crippen LogP contribution is 2.40. The van der Waals surface area contributed by atoms with Crippen LogP contribution in [-0.4, -0.2) is 49.6 Å². The third-order valence-electron chi connectivity index (χ3n) is 5.43. The van der Waals surface area contributed by atoms with E-state index in [1.54, 1.807) is 49.6 Å². The molecule has 10 heteroatoms. The van der Waals surface area contributed by atoms with Crippen LogP contribution in [0.5, 0.6) is 17.2 Å². The fourth-order valence-electron chi connectivity index (χ4n) is 3.73. The number of carbonyl (C=O) groups excluding carboxylic acids is 1. The van der Waals surface area contributed by atoms with Crippen LogP contribution < -0.4 is 24.8 Å². The number of likely N-dealkylation sites (tertiary alicyclic amines) is 1. The highest BCUT2D eigenvalue weighted by molar-refractivity contribution is 7.80. The van der Waals surface area contributed by atoms with Crippen molar-refractivity contribution in [2.75, 3.05) is 32.6 Å². The van der Waals surface area contributed by atoms with E-state index in [0.717, 1.165) is 31.5 Å². The molecule has 0 bridgehead atoms. The predicted octanol–water partition coefficient (Wildman–Crippen LogP) is 5.39. The van der Waals surface area contributed by atoms with Crippen LogP contribution in [0.15, 0.2) is 41.4 Å². The lowest BCUT2D eigenvalue weighted by Gasteiger charge is -2.18. The second-order valence-corrected chi connectivity index (χ2v) is 8.48. The first-order valence-corrected chi connectivity index (χ1v) is 11.6. The summed E-state index contributed by atoms with van der Waals surface area (Å²) in [5.74, 6) is 2.22. The van der Waals surface area contributed by atoms with Gasteiger partial charge in [-0.1, -0.05) is 11.6 Å². The van der Waals surface area contributed by atoms with Crippen LogP contribution in [0.25, 0.3) is 5.76 Å². The number of thiocarbonyl (C=S) groups is 1. The van der Waals surface area contributed by atoms with E-state index >= 15 is 0 Å². The molecular weight excluding hydrogens is 476 g/mol. The van der Waals surface area contributed by atoms with Gasteiger partial charge in [0.05, 0.1) is 24.9 Å². The van der Waals surface area contributed by atoms with Crippen molar-refractivity contribution in [2.45, 2.75) is 19.3 Å². The van der Waals surface area contributed by atoms with Gasteiger partial charge in [0.15, 0.2) is 16.6 Å². The number of fused-ring (bicyclic) bond motifs is 1. The van der Waals surface area contributed by atoms with E-state index in [4.69, 9.17) is 38.0 Å². The largest absolute Gasteiger partial charge is 0.493 e. The van der Waals surface area contributed by atoms with Crippen molar-refractivity contribution in [3.8, 4) is 17.2 Å². The molecule has 2 amide bonds. The summed E-state index contributed by atoms with van der Waals surface area (Å²) in [7, 11) is 3.16. The minimum atomic E-state index is -0.200. The molecule has 0 saturated carbocycles. The Hall–Kier alpha value is -3.30. The number of halogens is 1. The van der Waals surface area contributed by atoms with Gasteiger partial charge in [0, 0.05) is 43.0 Å². The van der Waals surface area contributed by atoms with Gasteiger partial charge in [-0.25, -0.2) is 4.79 Å². The van der Waals surface area contributed by atoms with E-state index in [0.29, 0.717) is 45.8 Å². The van der Waals surface area contributed by atoms with E-state index in [1.165, 1.54) is 0 Å². The number of methoxy groups -OCH3 is 2. The highest BCUT2D eigenvalue weighted by atomic mass is 35.5. The second-order valence-electron chi connectivity index (χ2n) is 7.67. The monoisotopic (exact) mass is 500 g/mol. The third-order valence-corrected chi connectivity index (χ3v) is 5.93. The number of hydrogen-bond acceptors (Lipinski definition) is 6. The van der Waals surface area contributed by atoms with Crippen LogP contribution in [0.1, 0.15) is 24.8 Å². The van der Waals surface area contributed by atoms with Crippen molar-refractivity contribution in [3.63, 3.8) is 0 Å². The number of allylic oxidation sites excluding steroid dienone is 1. The quantitative estimate of drug-likeness (QED) is 0.536. The molecule has 1 saturated heterocycles. The summed E-state index contributed by atoms with van der Waals surface area (Å²) in [5.41, 5.74) is 2.10. The number of anilines is 1. The first-order chi connectivity index (χ1) is 16.5. The van der Waals surface area contributed by atoms with Gasteiger partial charge in [-0.2, -0.15) is 0 Å². The van der Waals surface area contributed by atoms with Crippen LogP contribution in [0, 0.1) is 0 Å². The summed E-state index contributed by atoms with van der Waals surface area (Å²) >= 11 is 11.8. The maximum Gasteiger partial charge on any atom is 0.323 e. The molecule has 1 fully saturated rings. The summed E-state index contributed by atoms with van der Waals surface area (Å²) in [5, 5.41) is 6.28. The van der Waals surface area contributed by atoms with Gasteiger partial charge in [0.25, 0.3) is 0 Å². The number of nitrogens with zero attached hydrogens (tertiary/aromatic N) is 2.